The maximum atomic E-state index is 5.21. The van der Waals surface area contributed by atoms with Gasteiger partial charge in [0.1, 0.15) is 0 Å². The Kier molecular flexibility index (Phi) is 5.36. The second kappa shape index (κ2) is 7.03. The summed E-state index contributed by atoms with van der Waals surface area (Å²) in [4.78, 5) is 10.1. The lowest BCUT2D eigenvalue weighted by Crippen LogP contribution is -2.46. The van der Waals surface area contributed by atoms with Crippen molar-refractivity contribution in [2.75, 3.05) is 33.4 Å². The fraction of sp³-hybridized carbons (Fsp3) is 0.786. The largest absolute Gasteiger partial charge is 0.383 e. The molecule has 1 aromatic rings. The van der Waals surface area contributed by atoms with Crippen molar-refractivity contribution in [3.63, 3.8) is 0 Å². The van der Waals surface area contributed by atoms with Crippen LogP contribution in [0.2, 0.25) is 0 Å². The fourth-order valence-electron chi connectivity index (χ4n) is 2.66. The van der Waals surface area contributed by atoms with Gasteiger partial charge in [-0.2, -0.15) is 0 Å². The van der Waals surface area contributed by atoms with Gasteiger partial charge in [0, 0.05) is 45.8 Å². The van der Waals surface area contributed by atoms with E-state index in [1.165, 1.54) is 11.4 Å². The van der Waals surface area contributed by atoms with Gasteiger partial charge in [-0.25, -0.2) is 4.98 Å². The number of hydrogen-bond acceptors (Lipinski definition) is 4. The standard InChI is InChI=1S/C14H26N4O/c1-11(2)8-18(4-5-19-3)9-12-6-13-14(7-15-12)17-10-16-13/h10-12,15H,4-9H2,1-3H3,(H,16,17). The zero-order valence-corrected chi connectivity index (χ0v) is 12.3. The van der Waals surface area contributed by atoms with E-state index in [0.29, 0.717) is 12.0 Å². The summed E-state index contributed by atoms with van der Waals surface area (Å²) in [7, 11) is 1.77. The third kappa shape index (κ3) is 4.30. The van der Waals surface area contributed by atoms with Gasteiger partial charge < -0.3 is 15.0 Å². The lowest BCUT2D eigenvalue weighted by Gasteiger charge is -2.31. The molecule has 5 heteroatoms. The van der Waals surface area contributed by atoms with Crippen LogP contribution in [-0.2, 0) is 17.7 Å². The molecule has 0 aliphatic carbocycles. The van der Waals surface area contributed by atoms with E-state index in [-0.39, 0.29) is 0 Å². The number of fused-ring (bicyclic) bond motifs is 1. The summed E-state index contributed by atoms with van der Waals surface area (Å²) < 4.78 is 5.21. The van der Waals surface area contributed by atoms with Crippen LogP contribution < -0.4 is 5.32 Å². The Bertz CT molecular complexity index is 377. The average molecular weight is 266 g/mol. The van der Waals surface area contributed by atoms with Gasteiger partial charge in [-0.3, -0.25) is 4.90 Å². The second-order valence-electron chi connectivity index (χ2n) is 5.76. The highest BCUT2D eigenvalue weighted by molar-refractivity contribution is 5.15. The Morgan fingerprint density at radius 3 is 3.11 bits per heavy atom. The van der Waals surface area contributed by atoms with Gasteiger partial charge in [-0.15, -0.1) is 0 Å². The first-order valence-corrected chi connectivity index (χ1v) is 7.14. The number of nitrogens with one attached hydrogen (secondary N) is 2. The highest BCUT2D eigenvalue weighted by Crippen LogP contribution is 2.13. The van der Waals surface area contributed by atoms with Crippen LogP contribution in [0.4, 0.5) is 0 Å². The third-order valence-electron chi connectivity index (χ3n) is 3.53. The van der Waals surface area contributed by atoms with Crippen molar-refractivity contribution < 1.29 is 4.74 Å². The Balaban J connectivity index is 1.86. The zero-order chi connectivity index (χ0) is 13.7. The molecule has 0 bridgehead atoms. The molecule has 1 unspecified atom stereocenters. The molecule has 0 radical (unpaired) electrons. The third-order valence-corrected chi connectivity index (χ3v) is 3.53. The summed E-state index contributed by atoms with van der Waals surface area (Å²) in [5.41, 5.74) is 2.46. The van der Waals surface area contributed by atoms with Crippen LogP contribution >= 0.6 is 0 Å². The van der Waals surface area contributed by atoms with Gasteiger partial charge in [-0.1, -0.05) is 13.8 Å². The van der Waals surface area contributed by atoms with Crippen molar-refractivity contribution in [1.29, 1.82) is 0 Å². The first kappa shape index (κ1) is 14.5. The Labute approximate surface area is 115 Å². The summed E-state index contributed by atoms with van der Waals surface area (Å²) in [6.45, 7) is 9.41. The van der Waals surface area contributed by atoms with Crippen molar-refractivity contribution in [3.8, 4) is 0 Å². The Morgan fingerprint density at radius 2 is 2.37 bits per heavy atom. The minimum atomic E-state index is 0.492. The quantitative estimate of drug-likeness (QED) is 0.774. The number of aromatic nitrogens is 2. The summed E-state index contributed by atoms with van der Waals surface area (Å²) in [6, 6.07) is 0.492. The molecular formula is C14H26N4O. The minimum Gasteiger partial charge on any atom is -0.383 e. The first-order valence-electron chi connectivity index (χ1n) is 7.14. The van der Waals surface area contributed by atoms with Crippen molar-refractivity contribution in [2.45, 2.75) is 32.9 Å². The second-order valence-corrected chi connectivity index (χ2v) is 5.76. The molecule has 0 amide bonds. The molecule has 1 aliphatic rings. The number of rotatable bonds is 7. The summed E-state index contributed by atoms with van der Waals surface area (Å²) in [6.07, 6.45) is 2.81. The zero-order valence-electron chi connectivity index (χ0n) is 12.3. The van der Waals surface area contributed by atoms with Crippen molar-refractivity contribution >= 4 is 0 Å². The van der Waals surface area contributed by atoms with E-state index in [9.17, 15) is 0 Å². The van der Waals surface area contributed by atoms with Crippen molar-refractivity contribution in [3.05, 3.63) is 17.7 Å². The number of H-pyrrole nitrogens is 1. The summed E-state index contributed by atoms with van der Waals surface area (Å²) >= 11 is 0. The lowest BCUT2D eigenvalue weighted by atomic mass is 10.0. The van der Waals surface area contributed by atoms with Gasteiger partial charge in [0.25, 0.3) is 0 Å². The molecule has 1 aromatic heterocycles. The maximum Gasteiger partial charge on any atom is 0.0925 e. The molecule has 1 atom stereocenters. The molecule has 0 aromatic carbocycles. The molecule has 0 fully saturated rings. The molecule has 2 rings (SSSR count). The van der Waals surface area contributed by atoms with Gasteiger partial charge in [0.05, 0.1) is 24.3 Å². The van der Waals surface area contributed by atoms with E-state index in [4.69, 9.17) is 4.74 Å². The van der Waals surface area contributed by atoms with Crippen LogP contribution in [0.25, 0.3) is 0 Å². The van der Waals surface area contributed by atoms with E-state index < -0.39 is 0 Å². The maximum absolute atomic E-state index is 5.21. The molecule has 5 nitrogen and oxygen atoms in total. The predicted octanol–water partition coefficient (Wildman–Crippen LogP) is 1.03. The van der Waals surface area contributed by atoms with Crippen LogP contribution in [0, 0.1) is 5.92 Å². The number of hydrogen-bond donors (Lipinski definition) is 2. The van der Waals surface area contributed by atoms with E-state index in [1.54, 1.807) is 13.4 Å². The molecule has 108 valence electrons. The molecule has 0 saturated carbocycles. The minimum absolute atomic E-state index is 0.492. The van der Waals surface area contributed by atoms with Gasteiger partial charge >= 0.3 is 0 Å². The average Bonchev–Trinajstić information content (AvgIpc) is 2.82. The van der Waals surface area contributed by atoms with E-state index in [0.717, 1.165) is 39.2 Å². The van der Waals surface area contributed by atoms with Crippen LogP contribution in [0.3, 0.4) is 0 Å². The van der Waals surface area contributed by atoms with E-state index in [1.807, 2.05) is 0 Å². The Morgan fingerprint density at radius 1 is 1.53 bits per heavy atom. The van der Waals surface area contributed by atoms with Crippen molar-refractivity contribution in [1.82, 2.24) is 20.2 Å². The monoisotopic (exact) mass is 266 g/mol. The van der Waals surface area contributed by atoms with Crippen LogP contribution in [0.15, 0.2) is 6.33 Å². The summed E-state index contributed by atoms with van der Waals surface area (Å²) in [5.74, 6) is 0.682. The molecule has 0 saturated heterocycles. The number of imidazole rings is 1. The lowest BCUT2D eigenvalue weighted by molar-refractivity contribution is 0.131. The van der Waals surface area contributed by atoms with E-state index in [2.05, 4.69) is 34.0 Å². The van der Waals surface area contributed by atoms with Crippen LogP contribution in [-0.4, -0.2) is 54.3 Å². The van der Waals surface area contributed by atoms with Crippen LogP contribution in [0.5, 0.6) is 0 Å². The van der Waals surface area contributed by atoms with Gasteiger partial charge in [0.15, 0.2) is 0 Å². The molecule has 19 heavy (non-hydrogen) atoms. The molecule has 1 aliphatic heterocycles. The number of methoxy groups -OCH3 is 1. The summed E-state index contributed by atoms with van der Waals surface area (Å²) in [5, 5.41) is 3.59. The van der Waals surface area contributed by atoms with Crippen molar-refractivity contribution in [2.24, 2.45) is 5.92 Å². The van der Waals surface area contributed by atoms with Crippen LogP contribution in [0.1, 0.15) is 25.2 Å². The molecule has 2 heterocycles. The predicted molar refractivity (Wildman–Crippen MR) is 76.1 cm³/mol. The molecular weight excluding hydrogens is 240 g/mol. The number of nitrogens with zero attached hydrogens (tertiary/aromatic N) is 2. The Hall–Kier alpha value is -0.910. The molecule has 2 N–H and O–H groups in total. The highest BCUT2D eigenvalue weighted by Gasteiger charge is 2.22. The fourth-order valence-corrected chi connectivity index (χ4v) is 2.66. The first-order chi connectivity index (χ1) is 9.19. The number of aromatic amines is 1. The topological polar surface area (TPSA) is 53.2 Å². The normalized spacial score (nSPS) is 19.1. The number of ether oxygens (including phenoxy) is 1. The van der Waals surface area contributed by atoms with Gasteiger partial charge in [-0.05, 0) is 5.92 Å². The smallest absolute Gasteiger partial charge is 0.0925 e. The SMILES string of the molecule is COCCN(CC(C)C)CC1Cc2nc[nH]c2CN1. The van der Waals surface area contributed by atoms with E-state index >= 15 is 0 Å². The van der Waals surface area contributed by atoms with Gasteiger partial charge in [0.2, 0.25) is 0 Å². The highest BCUT2D eigenvalue weighted by atomic mass is 16.5. The molecule has 0 spiro atoms.